The Morgan fingerprint density at radius 3 is 3.18 bits per heavy atom. The van der Waals surface area contributed by atoms with Gasteiger partial charge in [0.2, 0.25) is 0 Å². The van der Waals surface area contributed by atoms with E-state index < -0.39 is 0 Å². The first-order chi connectivity index (χ1) is 5.29. The van der Waals surface area contributed by atoms with E-state index in [1.807, 2.05) is 6.08 Å². The molecule has 1 nitrogen and oxygen atoms in total. The van der Waals surface area contributed by atoms with Gasteiger partial charge in [-0.05, 0) is 15.9 Å². The van der Waals surface area contributed by atoms with E-state index in [9.17, 15) is 0 Å². The van der Waals surface area contributed by atoms with Gasteiger partial charge in [0.15, 0.2) is 0 Å². The zero-order chi connectivity index (χ0) is 7.84. The molecule has 56 valence electrons. The number of aromatic nitrogens is 1. The highest BCUT2D eigenvalue weighted by Gasteiger charge is 2.11. The molecule has 0 atom stereocenters. The lowest BCUT2D eigenvalue weighted by atomic mass is 10.2. The second-order valence-electron chi connectivity index (χ2n) is 2.39. The van der Waals surface area contributed by atoms with Crippen molar-refractivity contribution in [2.75, 3.05) is 0 Å². The van der Waals surface area contributed by atoms with Crippen molar-refractivity contribution in [1.82, 2.24) is 4.98 Å². The summed E-state index contributed by atoms with van der Waals surface area (Å²) in [5, 5.41) is 0.767. The summed E-state index contributed by atoms with van der Waals surface area (Å²) in [6.07, 6.45) is 6.72. The summed E-state index contributed by atoms with van der Waals surface area (Å²) >= 11 is 9.32. The van der Waals surface area contributed by atoms with Crippen LogP contribution in [0.5, 0.6) is 0 Å². The van der Waals surface area contributed by atoms with Crippen LogP contribution in [0.15, 0.2) is 16.7 Å². The quantitative estimate of drug-likeness (QED) is 0.667. The van der Waals surface area contributed by atoms with E-state index >= 15 is 0 Å². The van der Waals surface area contributed by atoms with Gasteiger partial charge in [-0.3, -0.25) is 4.98 Å². The summed E-state index contributed by atoms with van der Waals surface area (Å²) in [5.41, 5.74) is 2.12. The predicted molar refractivity (Wildman–Crippen MR) is 49.7 cm³/mol. The first kappa shape index (κ1) is 7.32. The fraction of sp³-hybridized carbons (Fsp3) is 0.125. The van der Waals surface area contributed by atoms with E-state index in [4.69, 9.17) is 11.6 Å². The monoisotopic (exact) mass is 229 g/mol. The van der Waals surface area contributed by atoms with Crippen LogP contribution < -0.4 is 0 Å². The molecule has 1 aromatic rings. The molecule has 0 aliphatic heterocycles. The Bertz CT molecular complexity index is 333. The number of hydrogen-bond donors (Lipinski definition) is 0. The lowest BCUT2D eigenvalue weighted by molar-refractivity contribution is 1.12. The molecule has 0 bridgehead atoms. The SMILES string of the molecule is Clc1c(Br)cnc2c1C=CC2. The minimum Gasteiger partial charge on any atom is -0.259 e. The standard InChI is InChI=1S/C8H5BrClN/c9-6-4-11-7-3-1-2-5(7)8(6)10/h1-2,4H,3H2. The van der Waals surface area contributed by atoms with Gasteiger partial charge in [0.05, 0.1) is 15.2 Å². The van der Waals surface area contributed by atoms with E-state index in [-0.39, 0.29) is 0 Å². The molecule has 0 aromatic carbocycles. The zero-order valence-electron chi connectivity index (χ0n) is 5.64. The summed E-state index contributed by atoms with van der Waals surface area (Å²) < 4.78 is 0.865. The predicted octanol–water partition coefficient (Wildman–Crippen LogP) is 3.07. The third kappa shape index (κ3) is 1.10. The highest BCUT2D eigenvalue weighted by atomic mass is 79.9. The van der Waals surface area contributed by atoms with Gasteiger partial charge in [-0.25, -0.2) is 0 Å². The van der Waals surface area contributed by atoms with Crippen LogP contribution in [0.3, 0.4) is 0 Å². The average Bonchev–Trinajstić information content (AvgIpc) is 2.45. The van der Waals surface area contributed by atoms with E-state index in [0.717, 1.165) is 27.2 Å². The molecule has 0 saturated heterocycles. The molecule has 0 spiro atoms. The highest BCUT2D eigenvalue weighted by molar-refractivity contribution is 9.10. The molecule has 1 aliphatic carbocycles. The Kier molecular flexibility index (Phi) is 1.74. The van der Waals surface area contributed by atoms with Crippen LogP contribution in [-0.2, 0) is 6.42 Å². The smallest absolute Gasteiger partial charge is 0.0654 e. The van der Waals surface area contributed by atoms with Crippen LogP contribution >= 0.6 is 27.5 Å². The molecule has 0 unspecified atom stereocenters. The molecular weight excluding hydrogens is 225 g/mol. The topological polar surface area (TPSA) is 12.9 Å². The normalized spacial score (nSPS) is 13.6. The highest BCUT2D eigenvalue weighted by Crippen LogP contribution is 2.31. The second kappa shape index (κ2) is 2.61. The van der Waals surface area contributed by atoms with E-state index in [1.165, 1.54) is 0 Å². The Hall–Kier alpha value is -0.340. The number of hydrogen-bond acceptors (Lipinski definition) is 1. The Labute approximate surface area is 78.2 Å². The molecule has 3 heteroatoms. The largest absolute Gasteiger partial charge is 0.259 e. The summed E-state index contributed by atoms with van der Waals surface area (Å²) in [5.74, 6) is 0. The van der Waals surface area contributed by atoms with Crippen molar-refractivity contribution in [1.29, 1.82) is 0 Å². The zero-order valence-corrected chi connectivity index (χ0v) is 7.98. The van der Waals surface area contributed by atoms with Crippen molar-refractivity contribution in [3.05, 3.63) is 33.0 Å². The van der Waals surface area contributed by atoms with Crippen molar-refractivity contribution in [2.45, 2.75) is 6.42 Å². The first-order valence-electron chi connectivity index (χ1n) is 3.28. The molecule has 0 fully saturated rings. The van der Waals surface area contributed by atoms with Crippen LogP contribution in [0.1, 0.15) is 11.3 Å². The van der Waals surface area contributed by atoms with Gasteiger partial charge in [0.1, 0.15) is 0 Å². The maximum absolute atomic E-state index is 6.00. The fourth-order valence-corrected chi connectivity index (χ4v) is 1.67. The van der Waals surface area contributed by atoms with Crippen LogP contribution in [0, 0.1) is 0 Å². The maximum atomic E-state index is 6.00. The summed E-state index contributed by atoms with van der Waals surface area (Å²) in [4.78, 5) is 4.23. The Balaban J connectivity index is 2.70. The molecule has 1 heterocycles. The fourth-order valence-electron chi connectivity index (χ4n) is 1.14. The van der Waals surface area contributed by atoms with Crippen molar-refractivity contribution >= 4 is 33.6 Å². The molecule has 0 amide bonds. The van der Waals surface area contributed by atoms with E-state index in [2.05, 4.69) is 27.0 Å². The molecule has 2 rings (SSSR count). The Morgan fingerprint density at radius 1 is 1.55 bits per heavy atom. The average molecular weight is 230 g/mol. The molecule has 1 aliphatic rings. The van der Waals surface area contributed by atoms with Crippen molar-refractivity contribution < 1.29 is 0 Å². The second-order valence-corrected chi connectivity index (χ2v) is 3.62. The van der Waals surface area contributed by atoms with Crippen molar-refractivity contribution in [3.63, 3.8) is 0 Å². The van der Waals surface area contributed by atoms with Gasteiger partial charge >= 0.3 is 0 Å². The van der Waals surface area contributed by atoms with E-state index in [0.29, 0.717) is 0 Å². The molecule has 0 radical (unpaired) electrons. The molecular formula is C8H5BrClN. The summed E-state index contributed by atoms with van der Waals surface area (Å²) in [6.45, 7) is 0. The van der Waals surface area contributed by atoms with Crippen LogP contribution in [0.4, 0.5) is 0 Å². The number of allylic oxidation sites excluding steroid dienone is 1. The lowest BCUT2D eigenvalue weighted by Crippen LogP contribution is -1.88. The first-order valence-corrected chi connectivity index (χ1v) is 4.45. The van der Waals surface area contributed by atoms with Crippen molar-refractivity contribution in [3.8, 4) is 0 Å². The minimum atomic E-state index is 0.767. The van der Waals surface area contributed by atoms with Gasteiger partial charge in [-0.1, -0.05) is 23.8 Å². The minimum absolute atomic E-state index is 0.767. The number of halogens is 2. The lowest BCUT2D eigenvalue weighted by Gasteiger charge is -2.01. The molecule has 0 N–H and O–H groups in total. The van der Waals surface area contributed by atoms with Crippen LogP contribution in [-0.4, -0.2) is 4.98 Å². The number of rotatable bonds is 0. The number of fused-ring (bicyclic) bond motifs is 1. The van der Waals surface area contributed by atoms with Gasteiger partial charge in [0, 0.05) is 18.2 Å². The van der Waals surface area contributed by atoms with Gasteiger partial charge < -0.3 is 0 Å². The van der Waals surface area contributed by atoms with Crippen LogP contribution in [0.2, 0.25) is 5.02 Å². The van der Waals surface area contributed by atoms with Crippen molar-refractivity contribution in [2.24, 2.45) is 0 Å². The maximum Gasteiger partial charge on any atom is 0.0654 e. The summed E-state index contributed by atoms with van der Waals surface area (Å²) in [7, 11) is 0. The summed E-state index contributed by atoms with van der Waals surface area (Å²) in [6, 6.07) is 0. The molecule has 1 aromatic heterocycles. The van der Waals surface area contributed by atoms with Crippen LogP contribution in [0.25, 0.3) is 6.08 Å². The Morgan fingerprint density at radius 2 is 2.36 bits per heavy atom. The third-order valence-corrected chi connectivity index (χ3v) is 2.92. The molecule has 11 heavy (non-hydrogen) atoms. The van der Waals surface area contributed by atoms with Gasteiger partial charge in [-0.2, -0.15) is 0 Å². The number of pyridine rings is 1. The molecule has 0 saturated carbocycles. The van der Waals surface area contributed by atoms with Gasteiger partial charge in [-0.15, -0.1) is 0 Å². The van der Waals surface area contributed by atoms with E-state index in [1.54, 1.807) is 6.20 Å². The number of nitrogens with zero attached hydrogens (tertiary/aromatic N) is 1. The van der Waals surface area contributed by atoms with Gasteiger partial charge in [0.25, 0.3) is 0 Å². The third-order valence-electron chi connectivity index (χ3n) is 1.69.